The molecular formula is C18H12ClN5O. The van der Waals surface area contributed by atoms with Crippen LogP contribution in [0.15, 0.2) is 60.9 Å². The van der Waals surface area contributed by atoms with Gasteiger partial charge in [0, 0.05) is 5.69 Å². The fourth-order valence-electron chi connectivity index (χ4n) is 2.03. The van der Waals surface area contributed by atoms with Crippen molar-refractivity contribution in [2.45, 2.75) is 0 Å². The molecule has 0 radical (unpaired) electrons. The van der Waals surface area contributed by atoms with E-state index in [1.54, 1.807) is 30.3 Å². The number of carbonyl (C=O) groups is 1. The van der Waals surface area contributed by atoms with Crippen molar-refractivity contribution in [3.63, 3.8) is 0 Å². The summed E-state index contributed by atoms with van der Waals surface area (Å²) in [5.41, 5.74) is 1.97. The number of aromatic nitrogens is 2. The molecule has 122 valence electrons. The molecule has 6 nitrogen and oxygen atoms in total. The average Bonchev–Trinajstić information content (AvgIpc) is 2.65. The summed E-state index contributed by atoms with van der Waals surface area (Å²) in [6.07, 6.45) is 2.83. The first kappa shape index (κ1) is 16.4. The van der Waals surface area contributed by atoms with Crippen LogP contribution in [0.25, 0.3) is 0 Å². The van der Waals surface area contributed by atoms with Crippen LogP contribution in [0.5, 0.6) is 0 Å². The molecule has 3 rings (SSSR count). The van der Waals surface area contributed by atoms with Crippen molar-refractivity contribution in [3.8, 4) is 6.07 Å². The zero-order chi connectivity index (χ0) is 17.6. The molecule has 0 spiro atoms. The van der Waals surface area contributed by atoms with Crippen molar-refractivity contribution >= 4 is 34.7 Å². The summed E-state index contributed by atoms with van der Waals surface area (Å²) in [6, 6.07) is 15.8. The van der Waals surface area contributed by atoms with Crippen molar-refractivity contribution in [1.29, 1.82) is 5.26 Å². The standard InChI is InChI=1S/C18H12ClN5O/c19-14-3-1-2-4-15(14)24-17-11-21-16(10-22-17)18(25)23-13-7-5-12(9-20)6-8-13/h1-8,10-11H,(H,22,24)(H,23,25). The summed E-state index contributed by atoms with van der Waals surface area (Å²) in [4.78, 5) is 20.4. The van der Waals surface area contributed by atoms with E-state index in [9.17, 15) is 4.79 Å². The SMILES string of the molecule is N#Cc1ccc(NC(=O)c2cnc(Nc3ccccc3Cl)cn2)cc1. The predicted molar refractivity (Wildman–Crippen MR) is 95.9 cm³/mol. The lowest BCUT2D eigenvalue weighted by Gasteiger charge is -2.08. The van der Waals surface area contributed by atoms with Gasteiger partial charge < -0.3 is 10.6 Å². The zero-order valence-corrected chi connectivity index (χ0v) is 13.7. The highest BCUT2D eigenvalue weighted by atomic mass is 35.5. The molecule has 0 saturated carbocycles. The lowest BCUT2D eigenvalue weighted by Crippen LogP contribution is -2.14. The Morgan fingerprint density at radius 2 is 1.80 bits per heavy atom. The normalized spacial score (nSPS) is 9.92. The maximum absolute atomic E-state index is 12.2. The number of amides is 1. The minimum Gasteiger partial charge on any atom is -0.338 e. The van der Waals surface area contributed by atoms with E-state index in [1.165, 1.54) is 12.4 Å². The van der Waals surface area contributed by atoms with Crippen LogP contribution in [-0.4, -0.2) is 15.9 Å². The van der Waals surface area contributed by atoms with Gasteiger partial charge in [-0.1, -0.05) is 23.7 Å². The molecular weight excluding hydrogens is 338 g/mol. The van der Waals surface area contributed by atoms with E-state index in [-0.39, 0.29) is 11.6 Å². The first-order valence-corrected chi connectivity index (χ1v) is 7.68. The van der Waals surface area contributed by atoms with E-state index in [4.69, 9.17) is 16.9 Å². The highest BCUT2D eigenvalue weighted by Crippen LogP contribution is 2.23. The van der Waals surface area contributed by atoms with Gasteiger partial charge in [0.25, 0.3) is 5.91 Å². The number of nitrogens with one attached hydrogen (secondary N) is 2. The Morgan fingerprint density at radius 1 is 1.04 bits per heavy atom. The molecule has 0 fully saturated rings. The maximum Gasteiger partial charge on any atom is 0.275 e. The highest BCUT2D eigenvalue weighted by Gasteiger charge is 2.09. The monoisotopic (exact) mass is 349 g/mol. The number of para-hydroxylation sites is 1. The molecule has 2 aromatic carbocycles. The van der Waals surface area contributed by atoms with Gasteiger partial charge in [0.05, 0.1) is 34.7 Å². The Balaban J connectivity index is 1.68. The Labute approximate surface area is 149 Å². The van der Waals surface area contributed by atoms with Gasteiger partial charge >= 0.3 is 0 Å². The second-order valence-corrected chi connectivity index (χ2v) is 5.44. The van der Waals surface area contributed by atoms with Crippen LogP contribution < -0.4 is 10.6 Å². The van der Waals surface area contributed by atoms with Gasteiger partial charge in [0.1, 0.15) is 11.5 Å². The fourth-order valence-corrected chi connectivity index (χ4v) is 2.22. The molecule has 1 amide bonds. The summed E-state index contributed by atoms with van der Waals surface area (Å²) in [6.45, 7) is 0. The summed E-state index contributed by atoms with van der Waals surface area (Å²) >= 11 is 6.07. The first-order chi connectivity index (χ1) is 12.2. The molecule has 1 aromatic heterocycles. The van der Waals surface area contributed by atoms with Crippen molar-refractivity contribution < 1.29 is 4.79 Å². The van der Waals surface area contributed by atoms with Crippen LogP contribution in [0, 0.1) is 11.3 Å². The van der Waals surface area contributed by atoms with Gasteiger partial charge in [-0.05, 0) is 36.4 Å². The third kappa shape index (κ3) is 4.10. The summed E-state index contributed by atoms with van der Waals surface area (Å²) in [5.74, 6) is 0.0875. The molecule has 0 bridgehead atoms. The number of carbonyl (C=O) groups excluding carboxylic acids is 1. The van der Waals surface area contributed by atoms with E-state index in [0.717, 1.165) is 0 Å². The number of nitriles is 1. The zero-order valence-electron chi connectivity index (χ0n) is 12.9. The predicted octanol–water partition coefficient (Wildman–Crippen LogP) is 4.00. The first-order valence-electron chi connectivity index (χ1n) is 7.31. The fraction of sp³-hybridized carbons (Fsp3) is 0. The molecule has 0 unspecified atom stereocenters. The summed E-state index contributed by atoms with van der Waals surface area (Å²) in [7, 11) is 0. The smallest absolute Gasteiger partial charge is 0.275 e. The number of nitrogens with zero attached hydrogens (tertiary/aromatic N) is 3. The third-order valence-corrected chi connectivity index (χ3v) is 3.62. The Kier molecular flexibility index (Phi) is 4.88. The minimum atomic E-state index is -0.387. The summed E-state index contributed by atoms with van der Waals surface area (Å²) in [5, 5.41) is 15.1. The second-order valence-electron chi connectivity index (χ2n) is 5.04. The van der Waals surface area contributed by atoms with Crippen LogP contribution in [0.3, 0.4) is 0 Å². The Hall–Kier alpha value is -3.43. The van der Waals surface area contributed by atoms with Crippen LogP contribution >= 0.6 is 11.6 Å². The average molecular weight is 350 g/mol. The van der Waals surface area contributed by atoms with Crippen molar-refractivity contribution in [1.82, 2.24) is 9.97 Å². The molecule has 0 saturated heterocycles. The van der Waals surface area contributed by atoms with Gasteiger partial charge in [-0.15, -0.1) is 0 Å². The number of benzene rings is 2. The lowest BCUT2D eigenvalue weighted by atomic mass is 10.2. The summed E-state index contributed by atoms with van der Waals surface area (Å²) < 4.78 is 0. The van der Waals surface area contributed by atoms with Gasteiger partial charge in [-0.25, -0.2) is 9.97 Å². The molecule has 1 heterocycles. The number of hydrogen-bond donors (Lipinski definition) is 2. The molecule has 0 aliphatic rings. The quantitative estimate of drug-likeness (QED) is 0.743. The van der Waals surface area contributed by atoms with Gasteiger partial charge in [0.15, 0.2) is 0 Å². The molecule has 0 aliphatic heterocycles. The number of rotatable bonds is 4. The molecule has 0 atom stereocenters. The van der Waals surface area contributed by atoms with Crippen LogP contribution in [-0.2, 0) is 0 Å². The number of anilines is 3. The van der Waals surface area contributed by atoms with Gasteiger partial charge in [0.2, 0.25) is 0 Å². The number of hydrogen-bond acceptors (Lipinski definition) is 5. The highest BCUT2D eigenvalue weighted by molar-refractivity contribution is 6.33. The topological polar surface area (TPSA) is 90.7 Å². The van der Waals surface area contributed by atoms with Crippen molar-refractivity contribution in [2.24, 2.45) is 0 Å². The van der Waals surface area contributed by atoms with Crippen molar-refractivity contribution in [2.75, 3.05) is 10.6 Å². The van der Waals surface area contributed by atoms with Gasteiger partial charge in [-0.2, -0.15) is 5.26 Å². The van der Waals surface area contributed by atoms with Crippen LogP contribution in [0.2, 0.25) is 5.02 Å². The molecule has 7 heteroatoms. The lowest BCUT2D eigenvalue weighted by molar-refractivity contribution is 0.102. The Bertz CT molecular complexity index is 933. The maximum atomic E-state index is 12.2. The van der Waals surface area contributed by atoms with Gasteiger partial charge in [-0.3, -0.25) is 4.79 Å². The van der Waals surface area contributed by atoms with Crippen LogP contribution in [0.4, 0.5) is 17.2 Å². The molecule has 3 aromatic rings. The number of halogens is 1. The van der Waals surface area contributed by atoms with Crippen LogP contribution in [0.1, 0.15) is 16.1 Å². The van der Waals surface area contributed by atoms with E-state index in [1.807, 2.05) is 24.3 Å². The second kappa shape index (κ2) is 7.43. The molecule has 2 N–H and O–H groups in total. The van der Waals surface area contributed by atoms with Crippen molar-refractivity contribution in [3.05, 3.63) is 77.2 Å². The Morgan fingerprint density at radius 3 is 2.44 bits per heavy atom. The largest absolute Gasteiger partial charge is 0.338 e. The third-order valence-electron chi connectivity index (χ3n) is 3.29. The molecule has 25 heavy (non-hydrogen) atoms. The molecule has 0 aliphatic carbocycles. The van der Waals surface area contributed by atoms with E-state index < -0.39 is 0 Å². The van der Waals surface area contributed by atoms with E-state index in [2.05, 4.69) is 20.6 Å². The van der Waals surface area contributed by atoms with E-state index in [0.29, 0.717) is 27.8 Å². The van der Waals surface area contributed by atoms with E-state index >= 15 is 0 Å². The minimum absolute atomic E-state index is 0.175.